The van der Waals surface area contributed by atoms with E-state index in [0.29, 0.717) is 18.1 Å². The summed E-state index contributed by atoms with van der Waals surface area (Å²) >= 11 is 1.88. The second-order valence-corrected chi connectivity index (χ2v) is 6.80. The number of thioether (sulfide) groups is 1. The number of nitrogens with one attached hydrogen (secondary N) is 1. The molecule has 1 aromatic carbocycles. The van der Waals surface area contributed by atoms with Gasteiger partial charge in [0.25, 0.3) is 0 Å². The van der Waals surface area contributed by atoms with Gasteiger partial charge in [-0.1, -0.05) is 25.0 Å². The minimum absolute atomic E-state index is 0.0228. The number of aliphatic hydroxyl groups excluding tert-OH is 1. The van der Waals surface area contributed by atoms with Crippen molar-refractivity contribution in [1.82, 2.24) is 0 Å². The third-order valence-electron chi connectivity index (χ3n) is 3.55. The number of carbonyl (C=O) groups is 1. The molecule has 0 saturated heterocycles. The standard InChI is InChI=1S/C16H23NO2S/c1-12(18)10-11-16(19)17-14-8-4-5-9-15(14)20-13-6-2-3-7-13/h4-5,8-9,12-13,18H,2-3,6-7,10-11H2,1H3,(H,17,19). The van der Waals surface area contributed by atoms with Crippen molar-refractivity contribution in [2.75, 3.05) is 5.32 Å². The van der Waals surface area contributed by atoms with Crippen molar-refractivity contribution in [3.05, 3.63) is 24.3 Å². The number of hydrogen-bond donors (Lipinski definition) is 2. The number of benzene rings is 1. The minimum Gasteiger partial charge on any atom is -0.393 e. The second-order valence-electron chi connectivity index (χ2n) is 5.46. The maximum absolute atomic E-state index is 11.9. The molecule has 20 heavy (non-hydrogen) atoms. The van der Waals surface area contributed by atoms with E-state index in [4.69, 9.17) is 0 Å². The molecule has 3 nitrogen and oxygen atoms in total. The Labute approximate surface area is 125 Å². The van der Waals surface area contributed by atoms with Gasteiger partial charge in [0.2, 0.25) is 5.91 Å². The lowest BCUT2D eigenvalue weighted by Gasteiger charge is -2.14. The van der Waals surface area contributed by atoms with Crippen molar-refractivity contribution in [2.24, 2.45) is 0 Å². The van der Waals surface area contributed by atoms with Gasteiger partial charge < -0.3 is 10.4 Å². The summed E-state index contributed by atoms with van der Waals surface area (Å²) in [6, 6.07) is 8.00. The monoisotopic (exact) mass is 293 g/mol. The van der Waals surface area contributed by atoms with Crippen molar-refractivity contribution >= 4 is 23.4 Å². The van der Waals surface area contributed by atoms with E-state index in [9.17, 15) is 9.90 Å². The molecule has 0 heterocycles. The largest absolute Gasteiger partial charge is 0.393 e. The lowest BCUT2D eigenvalue weighted by molar-refractivity contribution is -0.116. The van der Waals surface area contributed by atoms with Crippen molar-refractivity contribution in [3.8, 4) is 0 Å². The highest BCUT2D eigenvalue weighted by Gasteiger charge is 2.18. The number of carbonyl (C=O) groups excluding carboxylic acids is 1. The molecule has 1 fully saturated rings. The second kappa shape index (κ2) is 7.70. The first-order chi connectivity index (χ1) is 9.65. The van der Waals surface area contributed by atoms with Crippen LogP contribution in [0.15, 0.2) is 29.2 Å². The fourth-order valence-electron chi connectivity index (χ4n) is 2.41. The maximum atomic E-state index is 11.9. The molecule has 4 heteroatoms. The van der Waals surface area contributed by atoms with E-state index in [0.717, 1.165) is 10.6 Å². The van der Waals surface area contributed by atoms with E-state index in [-0.39, 0.29) is 5.91 Å². The lowest BCUT2D eigenvalue weighted by atomic mass is 10.2. The molecule has 0 spiro atoms. The number of para-hydroxylation sites is 1. The molecule has 1 atom stereocenters. The average molecular weight is 293 g/mol. The molecule has 0 bridgehead atoms. The van der Waals surface area contributed by atoms with Gasteiger partial charge in [-0.3, -0.25) is 4.79 Å². The fourth-order valence-corrected chi connectivity index (χ4v) is 3.74. The van der Waals surface area contributed by atoms with Crippen LogP contribution in [-0.2, 0) is 4.79 Å². The summed E-state index contributed by atoms with van der Waals surface area (Å²) in [6.07, 6.45) is 5.62. The smallest absolute Gasteiger partial charge is 0.224 e. The molecule has 1 aliphatic carbocycles. The van der Waals surface area contributed by atoms with Crippen LogP contribution in [0.25, 0.3) is 0 Å². The van der Waals surface area contributed by atoms with Gasteiger partial charge in [0.05, 0.1) is 11.8 Å². The zero-order chi connectivity index (χ0) is 14.4. The normalized spacial score (nSPS) is 17.1. The quantitative estimate of drug-likeness (QED) is 0.838. The Kier molecular flexibility index (Phi) is 5.92. The molecule has 0 radical (unpaired) electrons. The van der Waals surface area contributed by atoms with Gasteiger partial charge in [-0.05, 0) is 38.3 Å². The topological polar surface area (TPSA) is 49.3 Å². The molecule has 1 unspecified atom stereocenters. The number of anilines is 1. The van der Waals surface area contributed by atoms with E-state index in [2.05, 4.69) is 11.4 Å². The van der Waals surface area contributed by atoms with Crippen molar-refractivity contribution in [3.63, 3.8) is 0 Å². The van der Waals surface area contributed by atoms with Gasteiger partial charge in [-0.2, -0.15) is 0 Å². The van der Waals surface area contributed by atoms with Crippen LogP contribution in [0.2, 0.25) is 0 Å². The molecule has 110 valence electrons. The van der Waals surface area contributed by atoms with Crippen LogP contribution >= 0.6 is 11.8 Å². The van der Waals surface area contributed by atoms with Crippen LogP contribution in [0.4, 0.5) is 5.69 Å². The summed E-state index contributed by atoms with van der Waals surface area (Å²) in [5.41, 5.74) is 0.903. The summed E-state index contributed by atoms with van der Waals surface area (Å²) < 4.78 is 0. The van der Waals surface area contributed by atoms with Gasteiger partial charge in [0.15, 0.2) is 0 Å². The van der Waals surface area contributed by atoms with E-state index in [1.165, 1.54) is 25.7 Å². The molecule has 1 aromatic rings. The Bertz CT molecular complexity index is 442. The van der Waals surface area contributed by atoms with E-state index >= 15 is 0 Å². The molecular weight excluding hydrogens is 270 g/mol. The Morgan fingerprint density at radius 2 is 2.10 bits per heavy atom. The van der Waals surface area contributed by atoms with Crippen LogP contribution in [0, 0.1) is 0 Å². The first kappa shape index (κ1) is 15.4. The molecule has 1 saturated carbocycles. The number of aliphatic hydroxyl groups is 1. The van der Waals surface area contributed by atoms with Crippen LogP contribution < -0.4 is 5.32 Å². The first-order valence-electron chi connectivity index (χ1n) is 7.39. The van der Waals surface area contributed by atoms with Gasteiger partial charge in [-0.25, -0.2) is 0 Å². The SMILES string of the molecule is CC(O)CCC(=O)Nc1ccccc1SC1CCCC1. The molecule has 0 aromatic heterocycles. The fraction of sp³-hybridized carbons (Fsp3) is 0.562. The van der Waals surface area contributed by atoms with Crippen molar-refractivity contribution < 1.29 is 9.90 Å². The van der Waals surface area contributed by atoms with Gasteiger partial charge >= 0.3 is 0 Å². The summed E-state index contributed by atoms with van der Waals surface area (Å²) in [6.45, 7) is 1.71. The van der Waals surface area contributed by atoms with E-state index < -0.39 is 6.10 Å². The summed E-state index contributed by atoms with van der Waals surface area (Å²) in [4.78, 5) is 13.0. The minimum atomic E-state index is -0.427. The van der Waals surface area contributed by atoms with Gasteiger partial charge in [0.1, 0.15) is 0 Å². The lowest BCUT2D eigenvalue weighted by Crippen LogP contribution is -2.14. The Morgan fingerprint density at radius 3 is 2.80 bits per heavy atom. The molecule has 1 aliphatic rings. The van der Waals surface area contributed by atoms with Crippen LogP contribution in [0.1, 0.15) is 45.4 Å². The highest BCUT2D eigenvalue weighted by molar-refractivity contribution is 8.00. The summed E-state index contributed by atoms with van der Waals surface area (Å²) in [5, 5.41) is 12.9. The predicted molar refractivity (Wildman–Crippen MR) is 84.1 cm³/mol. The third kappa shape index (κ3) is 4.84. The van der Waals surface area contributed by atoms with E-state index in [1.54, 1.807) is 6.92 Å². The first-order valence-corrected chi connectivity index (χ1v) is 8.26. The zero-order valence-corrected chi connectivity index (χ0v) is 12.8. The maximum Gasteiger partial charge on any atom is 0.224 e. The Hall–Kier alpha value is -1.00. The third-order valence-corrected chi connectivity index (χ3v) is 4.96. The predicted octanol–water partition coefficient (Wildman–Crippen LogP) is 3.82. The molecule has 2 rings (SSSR count). The zero-order valence-electron chi connectivity index (χ0n) is 12.0. The summed E-state index contributed by atoms with van der Waals surface area (Å²) in [5.74, 6) is -0.0228. The number of rotatable bonds is 6. The summed E-state index contributed by atoms with van der Waals surface area (Å²) in [7, 11) is 0. The van der Waals surface area contributed by atoms with Crippen molar-refractivity contribution in [2.45, 2.75) is 61.7 Å². The Balaban J connectivity index is 1.94. The van der Waals surface area contributed by atoms with Gasteiger partial charge in [0, 0.05) is 16.6 Å². The Morgan fingerprint density at radius 1 is 1.40 bits per heavy atom. The number of hydrogen-bond acceptors (Lipinski definition) is 3. The number of amides is 1. The van der Waals surface area contributed by atoms with Crippen LogP contribution in [0.3, 0.4) is 0 Å². The molecule has 1 amide bonds. The average Bonchev–Trinajstić information content (AvgIpc) is 2.92. The van der Waals surface area contributed by atoms with Crippen LogP contribution in [-0.4, -0.2) is 22.4 Å². The molecule has 0 aliphatic heterocycles. The van der Waals surface area contributed by atoms with Gasteiger partial charge in [-0.15, -0.1) is 11.8 Å². The van der Waals surface area contributed by atoms with Crippen molar-refractivity contribution in [1.29, 1.82) is 0 Å². The molecule has 2 N–H and O–H groups in total. The highest BCUT2D eigenvalue weighted by atomic mass is 32.2. The van der Waals surface area contributed by atoms with E-state index in [1.807, 2.05) is 30.0 Å². The van der Waals surface area contributed by atoms with Crippen LogP contribution in [0.5, 0.6) is 0 Å². The molecular formula is C16H23NO2S. The highest BCUT2D eigenvalue weighted by Crippen LogP contribution is 2.38.